The molecule has 4 heteroatoms. The van der Waals surface area contributed by atoms with Crippen LogP contribution in [-0.4, -0.2) is 60.6 Å². The summed E-state index contributed by atoms with van der Waals surface area (Å²) in [5.41, 5.74) is 0.399. The van der Waals surface area contributed by atoms with Gasteiger partial charge >= 0.3 is 5.97 Å². The Balaban J connectivity index is 2.13. The van der Waals surface area contributed by atoms with Crippen molar-refractivity contribution in [2.45, 2.75) is 50.5 Å². The average molecular weight is 256 g/mol. The first kappa shape index (κ1) is 15.4. The smallest absolute Gasteiger partial charge is 0.303 e. The van der Waals surface area contributed by atoms with Gasteiger partial charge in [0.1, 0.15) is 0 Å². The summed E-state index contributed by atoms with van der Waals surface area (Å²) in [6, 6.07) is 0. The van der Waals surface area contributed by atoms with Gasteiger partial charge in [0.05, 0.1) is 0 Å². The summed E-state index contributed by atoms with van der Waals surface area (Å²) >= 11 is 0. The molecule has 0 amide bonds. The number of nitrogens with zero attached hydrogens (tertiary/aromatic N) is 2. The van der Waals surface area contributed by atoms with Crippen molar-refractivity contribution in [1.82, 2.24) is 9.80 Å². The molecule has 1 saturated carbocycles. The summed E-state index contributed by atoms with van der Waals surface area (Å²) in [5.74, 6) is -0.676. The van der Waals surface area contributed by atoms with Gasteiger partial charge in [0, 0.05) is 18.5 Å². The van der Waals surface area contributed by atoms with Gasteiger partial charge in [-0.2, -0.15) is 0 Å². The number of aliphatic carboxylic acids is 1. The van der Waals surface area contributed by atoms with Gasteiger partial charge in [-0.25, -0.2) is 0 Å². The Kier molecular flexibility index (Phi) is 6.09. The van der Waals surface area contributed by atoms with Crippen molar-refractivity contribution < 1.29 is 9.90 Å². The Morgan fingerprint density at radius 3 is 2.28 bits per heavy atom. The van der Waals surface area contributed by atoms with Crippen LogP contribution in [0.15, 0.2) is 0 Å². The van der Waals surface area contributed by atoms with Crippen molar-refractivity contribution in [1.29, 1.82) is 0 Å². The molecule has 0 radical (unpaired) electrons. The molecule has 1 aliphatic carbocycles. The highest BCUT2D eigenvalue weighted by molar-refractivity contribution is 5.66. The van der Waals surface area contributed by atoms with Gasteiger partial charge < -0.3 is 14.9 Å². The molecule has 0 spiro atoms. The summed E-state index contributed by atoms with van der Waals surface area (Å²) < 4.78 is 0. The maximum Gasteiger partial charge on any atom is 0.303 e. The second-order valence-electron chi connectivity index (χ2n) is 5.91. The molecule has 18 heavy (non-hydrogen) atoms. The molecule has 1 rings (SSSR count). The Morgan fingerprint density at radius 1 is 1.17 bits per heavy atom. The van der Waals surface area contributed by atoms with Gasteiger partial charge in [-0.3, -0.25) is 4.79 Å². The Bertz CT molecular complexity index is 263. The number of carboxylic acid groups (broad SMARTS) is 1. The van der Waals surface area contributed by atoms with E-state index < -0.39 is 5.97 Å². The normalized spacial score (nSPS) is 18.1. The van der Waals surface area contributed by atoms with Crippen LogP contribution in [0.4, 0.5) is 0 Å². The first-order valence-corrected chi connectivity index (χ1v) is 7.04. The summed E-state index contributed by atoms with van der Waals surface area (Å²) in [4.78, 5) is 15.2. The van der Waals surface area contributed by atoms with Crippen molar-refractivity contribution >= 4 is 5.97 Å². The molecule has 1 N–H and O–H groups in total. The van der Waals surface area contributed by atoms with Crippen LogP contribution in [-0.2, 0) is 4.79 Å². The minimum atomic E-state index is -0.676. The first-order valence-electron chi connectivity index (χ1n) is 7.04. The number of likely N-dealkylation sites (N-methyl/N-ethyl adjacent to an activating group) is 2. The number of carboxylic acids is 1. The van der Waals surface area contributed by atoms with Gasteiger partial charge in [-0.15, -0.1) is 0 Å². The van der Waals surface area contributed by atoms with Gasteiger partial charge in [-0.05, 0) is 59.8 Å². The number of hydrogen-bond acceptors (Lipinski definition) is 3. The van der Waals surface area contributed by atoms with E-state index in [1.807, 2.05) is 0 Å². The topological polar surface area (TPSA) is 43.8 Å². The molecular weight excluding hydrogens is 228 g/mol. The van der Waals surface area contributed by atoms with E-state index in [-0.39, 0.29) is 0 Å². The number of unbranched alkanes of at least 4 members (excludes halogenated alkanes) is 2. The highest BCUT2D eigenvalue weighted by Crippen LogP contribution is 2.36. The lowest BCUT2D eigenvalue weighted by Crippen LogP contribution is -2.56. The second-order valence-corrected chi connectivity index (χ2v) is 5.91. The molecule has 0 atom stereocenters. The molecule has 0 bridgehead atoms. The molecule has 0 aliphatic heterocycles. The van der Waals surface area contributed by atoms with E-state index in [4.69, 9.17) is 5.11 Å². The minimum absolute atomic E-state index is 0.311. The highest BCUT2D eigenvalue weighted by atomic mass is 16.4. The fourth-order valence-corrected chi connectivity index (χ4v) is 2.75. The second kappa shape index (κ2) is 7.10. The summed E-state index contributed by atoms with van der Waals surface area (Å²) in [7, 11) is 6.54. The van der Waals surface area contributed by atoms with Crippen LogP contribution in [0.3, 0.4) is 0 Å². The fourth-order valence-electron chi connectivity index (χ4n) is 2.75. The molecule has 4 nitrogen and oxygen atoms in total. The standard InChI is InChI=1S/C14H28N2O2/c1-15(2)14(9-7-10-14)12-16(3)11-6-4-5-8-13(17)18/h4-12H2,1-3H3,(H,17,18). The molecule has 0 aromatic heterocycles. The molecular formula is C14H28N2O2. The van der Waals surface area contributed by atoms with Crippen molar-refractivity contribution in [3.63, 3.8) is 0 Å². The molecule has 0 aromatic carbocycles. The predicted octanol–water partition coefficient (Wildman–Crippen LogP) is 2.05. The molecule has 0 heterocycles. The third-order valence-electron chi connectivity index (χ3n) is 4.23. The van der Waals surface area contributed by atoms with Crippen molar-refractivity contribution in [3.05, 3.63) is 0 Å². The number of rotatable bonds is 9. The molecule has 106 valence electrons. The SMILES string of the molecule is CN(CCCCCC(=O)O)CC1(N(C)C)CCC1. The van der Waals surface area contributed by atoms with E-state index in [2.05, 4.69) is 30.9 Å². The Hall–Kier alpha value is -0.610. The van der Waals surface area contributed by atoms with E-state index in [0.29, 0.717) is 12.0 Å². The zero-order chi connectivity index (χ0) is 13.6. The highest BCUT2D eigenvalue weighted by Gasteiger charge is 2.39. The lowest BCUT2D eigenvalue weighted by atomic mass is 9.75. The van der Waals surface area contributed by atoms with Gasteiger partial charge in [0.2, 0.25) is 0 Å². The molecule has 0 saturated heterocycles. The lowest BCUT2D eigenvalue weighted by Gasteiger charge is -2.49. The lowest BCUT2D eigenvalue weighted by molar-refractivity contribution is -0.137. The molecule has 1 aliphatic rings. The van der Waals surface area contributed by atoms with Crippen LogP contribution < -0.4 is 0 Å². The minimum Gasteiger partial charge on any atom is -0.481 e. The van der Waals surface area contributed by atoms with Crippen LogP contribution in [0, 0.1) is 0 Å². The van der Waals surface area contributed by atoms with Crippen molar-refractivity contribution in [3.8, 4) is 0 Å². The van der Waals surface area contributed by atoms with Crippen LogP contribution >= 0.6 is 0 Å². The molecule has 0 unspecified atom stereocenters. The number of hydrogen-bond donors (Lipinski definition) is 1. The van der Waals surface area contributed by atoms with Gasteiger partial charge in [0.25, 0.3) is 0 Å². The van der Waals surface area contributed by atoms with E-state index in [0.717, 1.165) is 32.4 Å². The molecule has 1 fully saturated rings. The zero-order valence-electron chi connectivity index (χ0n) is 12.1. The van der Waals surface area contributed by atoms with E-state index in [1.165, 1.54) is 19.3 Å². The largest absolute Gasteiger partial charge is 0.481 e. The zero-order valence-corrected chi connectivity index (χ0v) is 12.1. The number of carbonyl (C=O) groups is 1. The maximum absolute atomic E-state index is 10.4. The molecule has 0 aromatic rings. The first-order chi connectivity index (χ1) is 8.46. The van der Waals surface area contributed by atoms with E-state index >= 15 is 0 Å². The maximum atomic E-state index is 10.4. The van der Waals surface area contributed by atoms with Gasteiger partial charge in [0.15, 0.2) is 0 Å². The van der Waals surface area contributed by atoms with E-state index in [9.17, 15) is 4.79 Å². The van der Waals surface area contributed by atoms with Crippen LogP contribution in [0.2, 0.25) is 0 Å². The third-order valence-corrected chi connectivity index (χ3v) is 4.23. The fraction of sp³-hybridized carbons (Fsp3) is 0.929. The quantitative estimate of drug-likeness (QED) is 0.641. The average Bonchev–Trinajstić information content (AvgIpc) is 2.22. The summed E-state index contributed by atoms with van der Waals surface area (Å²) in [6.07, 6.45) is 7.21. The third kappa shape index (κ3) is 4.58. The van der Waals surface area contributed by atoms with Crippen LogP contribution in [0.25, 0.3) is 0 Å². The Morgan fingerprint density at radius 2 is 1.83 bits per heavy atom. The monoisotopic (exact) mass is 256 g/mol. The predicted molar refractivity (Wildman–Crippen MR) is 73.9 cm³/mol. The van der Waals surface area contributed by atoms with Gasteiger partial charge in [-0.1, -0.05) is 6.42 Å². The van der Waals surface area contributed by atoms with E-state index in [1.54, 1.807) is 0 Å². The summed E-state index contributed by atoms with van der Waals surface area (Å²) in [5, 5.41) is 8.56. The van der Waals surface area contributed by atoms with Crippen LogP contribution in [0.5, 0.6) is 0 Å². The van der Waals surface area contributed by atoms with Crippen molar-refractivity contribution in [2.24, 2.45) is 0 Å². The Labute approximate surface area is 111 Å². The van der Waals surface area contributed by atoms with Crippen molar-refractivity contribution in [2.75, 3.05) is 34.2 Å². The summed E-state index contributed by atoms with van der Waals surface area (Å²) in [6.45, 7) is 2.22. The van der Waals surface area contributed by atoms with Crippen LogP contribution in [0.1, 0.15) is 44.9 Å².